The fourth-order valence-corrected chi connectivity index (χ4v) is 3.05. The highest BCUT2D eigenvalue weighted by Gasteiger charge is 2.20. The topological polar surface area (TPSA) is 41.1 Å². The van der Waals surface area contributed by atoms with Gasteiger partial charge in [0.05, 0.1) is 6.04 Å². The van der Waals surface area contributed by atoms with Crippen LogP contribution in [0.15, 0.2) is 30.3 Å². The third kappa shape index (κ3) is 5.50. The Morgan fingerprint density at radius 2 is 2.10 bits per heavy atom. The third-order valence-electron chi connectivity index (χ3n) is 4.12. The summed E-state index contributed by atoms with van der Waals surface area (Å²) in [5.74, 6) is 1.25. The number of carbonyl (C=O) groups is 1. The number of hydrogen-bond acceptors (Lipinski definition) is 2. The number of hydrogen-bond donors (Lipinski definition) is 2. The standard InChI is InChI=1S/C18H28N2O/c1-14(2)11-17(16-8-4-3-5-9-16)20-18(21)12-15-7-6-10-19-13-15/h3-5,8-9,14-15,17,19H,6-7,10-13H2,1-2H3,(H,20,21). The molecule has 0 bridgehead atoms. The van der Waals surface area contributed by atoms with Crippen LogP contribution in [0.25, 0.3) is 0 Å². The van der Waals surface area contributed by atoms with Crippen LogP contribution >= 0.6 is 0 Å². The predicted molar refractivity (Wildman–Crippen MR) is 87.0 cm³/mol. The molecule has 1 aliphatic heterocycles. The fourth-order valence-electron chi connectivity index (χ4n) is 3.05. The van der Waals surface area contributed by atoms with Crippen molar-refractivity contribution in [3.05, 3.63) is 35.9 Å². The summed E-state index contributed by atoms with van der Waals surface area (Å²) in [7, 11) is 0. The zero-order valence-corrected chi connectivity index (χ0v) is 13.3. The van der Waals surface area contributed by atoms with E-state index in [0.717, 1.165) is 19.5 Å². The first-order valence-electron chi connectivity index (χ1n) is 8.20. The first-order valence-corrected chi connectivity index (χ1v) is 8.20. The van der Waals surface area contributed by atoms with Crippen LogP contribution in [0.3, 0.4) is 0 Å². The van der Waals surface area contributed by atoms with Gasteiger partial charge in [-0.3, -0.25) is 4.79 Å². The lowest BCUT2D eigenvalue weighted by Gasteiger charge is -2.25. The zero-order chi connectivity index (χ0) is 15.1. The fraction of sp³-hybridized carbons (Fsp3) is 0.611. The van der Waals surface area contributed by atoms with E-state index in [9.17, 15) is 4.79 Å². The minimum Gasteiger partial charge on any atom is -0.349 e. The van der Waals surface area contributed by atoms with E-state index in [1.807, 2.05) is 18.2 Å². The van der Waals surface area contributed by atoms with E-state index >= 15 is 0 Å². The first-order chi connectivity index (χ1) is 10.1. The van der Waals surface area contributed by atoms with E-state index in [1.165, 1.54) is 18.4 Å². The molecule has 2 unspecified atom stereocenters. The van der Waals surface area contributed by atoms with Gasteiger partial charge in [-0.25, -0.2) is 0 Å². The maximum absolute atomic E-state index is 12.3. The first kappa shape index (κ1) is 16.0. The number of nitrogens with one attached hydrogen (secondary N) is 2. The average Bonchev–Trinajstić information content (AvgIpc) is 2.48. The molecule has 2 N–H and O–H groups in total. The largest absolute Gasteiger partial charge is 0.349 e. The minimum atomic E-state index is 0.134. The van der Waals surface area contributed by atoms with E-state index in [4.69, 9.17) is 0 Å². The molecule has 0 aromatic heterocycles. The van der Waals surface area contributed by atoms with Crippen LogP contribution in [-0.2, 0) is 4.79 Å². The second-order valence-electron chi connectivity index (χ2n) is 6.58. The summed E-state index contributed by atoms with van der Waals surface area (Å²) in [4.78, 5) is 12.3. The maximum Gasteiger partial charge on any atom is 0.220 e. The van der Waals surface area contributed by atoms with Gasteiger partial charge < -0.3 is 10.6 Å². The van der Waals surface area contributed by atoms with Crippen molar-refractivity contribution in [3.8, 4) is 0 Å². The van der Waals surface area contributed by atoms with Crippen molar-refractivity contribution < 1.29 is 4.79 Å². The lowest BCUT2D eigenvalue weighted by atomic mass is 9.94. The number of rotatable bonds is 6. The van der Waals surface area contributed by atoms with E-state index in [2.05, 4.69) is 36.6 Å². The molecule has 0 radical (unpaired) electrons. The summed E-state index contributed by atoms with van der Waals surface area (Å²) >= 11 is 0. The lowest BCUT2D eigenvalue weighted by molar-refractivity contribution is -0.123. The zero-order valence-electron chi connectivity index (χ0n) is 13.3. The van der Waals surface area contributed by atoms with E-state index < -0.39 is 0 Å². The minimum absolute atomic E-state index is 0.134. The molecule has 1 aromatic carbocycles. The Labute approximate surface area is 128 Å². The molecule has 1 amide bonds. The van der Waals surface area contributed by atoms with Gasteiger partial charge in [-0.05, 0) is 49.8 Å². The maximum atomic E-state index is 12.3. The Hall–Kier alpha value is -1.35. The number of piperidine rings is 1. The van der Waals surface area contributed by atoms with Crippen molar-refractivity contribution in [3.63, 3.8) is 0 Å². The molecule has 1 aromatic rings. The van der Waals surface area contributed by atoms with Crippen molar-refractivity contribution in [2.45, 2.75) is 45.6 Å². The average molecular weight is 288 g/mol. The molecule has 1 heterocycles. The second kappa shape index (κ2) is 8.18. The van der Waals surface area contributed by atoms with Crippen molar-refractivity contribution in [1.29, 1.82) is 0 Å². The van der Waals surface area contributed by atoms with Gasteiger partial charge in [-0.15, -0.1) is 0 Å². The summed E-state index contributed by atoms with van der Waals surface area (Å²) in [6, 6.07) is 10.5. The van der Waals surface area contributed by atoms with Gasteiger partial charge in [0.25, 0.3) is 0 Å². The molecule has 1 aliphatic rings. The van der Waals surface area contributed by atoms with Crippen molar-refractivity contribution >= 4 is 5.91 Å². The van der Waals surface area contributed by atoms with E-state index in [0.29, 0.717) is 18.3 Å². The van der Waals surface area contributed by atoms with Gasteiger partial charge in [-0.2, -0.15) is 0 Å². The molecule has 1 saturated heterocycles. The summed E-state index contributed by atoms with van der Waals surface area (Å²) in [5, 5.41) is 6.62. The van der Waals surface area contributed by atoms with Crippen LogP contribution in [-0.4, -0.2) is 19.0 Å². The Balaban J connectivity index is 1.92. The Bertz CT molecular complexity index is 424. The molecule has 21 heavy (non-hydrogen) atoms. The van der Waals surface area contributed by atoms with Crippen LogP contribution in [0.4, 0.5) is 0 Å². The highest BCUT2D eigenvalue weighted by Crippen LogP contribution is 2.22. The molecule has 1 fully saturated rings. The summed E-state index contributed by atoms with van der Waals surface area (Å²) in [6.45, 7) is 6.48. The lowest BCUT2D eigenvalue weighted by Crippen LogP contribution is -2.35. The van der Waals surface area contributed by atoms with Gasteiger partial charge in [0.1, 0.15) is 0 Å². The summed E-state index contributed by atoms with van der Waals surface area (Å²) in [6.07, 6.45) is 3.99. The van der Waals surface area contributed by atoms with Gasteiger partial charge in [0.15, 0.2) is 0 Å². The quantitative estimate of drug-likeness (QED) is 0.843. The molecule has 2 atom stereocenters. The van der Waals surface area contributed by atoms with E-state index in [1.54, 1.807) is 0 Å². The molecule has 116 valence electrons. The van der Waals surface area contributed by atoms with Crippen LogP contribution in [0.2, 0.25) is 0 Å². The Kier molecular flexibility index (Phi) is 6.24. The second-order valence-corrected chi connectivity index (χ2v) is 6.58. The smallest absolute Gasteiger partial charge is 0.220 e. The molecule has 0 aliphatic carbocycles. The van der Waals surface area contributed by atoms with Gasteiger partial charge in [0.2, 0.25) is 5.91 Å². The van der Waals surface area contributed by atoms with Crippen molar-refractivity contribution in [2.75, 3.05) is 13.1 Å². The molecule has 0 saturated carbocycles. The number of amides is 1. The van der Waals surface area contributed by atoms with E-state index in [-0.39, 0.29) is 11.9 Å². The normalized spacial score (nSPS) is 20.2. The molecule has 3 nitrogen and oxygen atoms in total. The predicted octanol–water partition coefficient (Wildman–Crippen LogP) is 3.28. The van der Waals surface area contributed by atoms with Crippen molar-refractivity contribution in [2.24, 2.45) is 11.8 Å². The highest BCUT2D eigenvalue weighted by molar-refractivity contribution is 5.76. The summed E-state index contributed by atoms with van der Waals surface area (Å²) in [5.41, 5.74) is 1.21. The van der Waals surface area contributed by atoms with Crippen molar-refractivity contribution in [1.82, 2.24) is 10.6 Å². The molecular weight excluding hydrogens is 260 g/mol. The summed E-state index contributed by atoms with van der Waals surface area (Å²) < 4.78 is 0. The van der Waals surface area contributed by atoms with Crippen LogP contribution < -0.4 is 10.6 Å². The molecule has 3 heteroatoms. The number of carbonyl (C=O) groups excluding carboxylic acids is 1. The van der Waals surface area contributed by atoms with Crippen LogP contribution in [0.1, 0.15) is 51.1 Å². The molecule has 2 rings (SSSR count). The molecular formula is C18H28N2O. The van der Waals surface area contributed by atoms with Gasteiger partial charge in [0, 0.05) is 6.42 Å². The SMILES string of the molecule is CC(C)CC(NC(=O)CC1CCCNC1)c1ccccc1. The molecule has 0 spiro atoms. The number of benzene rings is 1. The third-order valence-corrected chi connectivity index (χ3v) is 4.12. The highest BCUT2D eigenvalue weighted by atomic mass is 16.1. The van der Waals surface area contributed by atoms with Crippen LogP contribution in [0.5, 0.6) is 0 Å². The Morgan fingerprint density at radius 3 is 2.71 bits per heavy atom. The van der Waals surface area contributed by atoms with Gasteiger partial charge in [-0.1, -0.05) is 44.2 Å². The van der Waals surface area contributed by atoms with Gasteiger partial charge >= 0.3 is 0 Å². The monoisotopic (exact) mass is 288 g/mol. The Morgan fingerprint density at radius 1 is 1.33 bits per heavy atom. The van der Waals surface area contributed by atoms with Crippen LogP contribution in [0, 0.1) is 11.8 Å².